The second-order valence-electron chi connectivity index (χ2n) is 5.83. The second-order valence-corrected chi connectivity index (χ2v) is 7.71. The number of aromatic nitrogens is 1. The highest BCUT2D eigenvalue weighted by Gasteiger charge is 2.21. The highest BCUT2D eigenvalue weighted by atomic mass is 32.2. The molecule has 3 aromatic rings. The van der Waals surface area contributed by atoms with Crippen LogP contribution in [0.2, 0.25) is 0 Å². The molecule has 1 aromatic carbocycles. The van der Waals surface area contributed by atoms with Crippen LogP contribution in [0.15, 0.2) is 35.2 Å². The van der Waals surface area contributed by atoms with Crippen molar-refractivity contribution in [3.05, 3.63) is 46.5 Å². The molecular weight excluding hydrogens is 338 g/mol. The minimum Gasteiger partial charge on any atom is -0.397 e. The number of nitrogen functional groups attached to an aromatic ring is 1. The number of rotatable bonds is 3. The first-order valence-electron chi connectivity index (χ1n) is 7.82. The minimum absolute atomic E-state index is 0.174. The van der Waals surface area contributed by atoms with Gasteiger partial charge in [-0.3, -0.25) is 4.79 Å². The average molecular weight is 355 g/mol. The summed E-state index contributed by atoms with van der Waals surface area (Å²) in [7, 11) is 0. The van der Waals surface area contributed by atoms with Crippen molar-refractivity contribution in [1.29, 1.82) is 0 Å². The molecule has 1 aliphatic carbocycles. The number of pyridine rings is 1. The quantitative estimate of drug-likeness (QED) is 0.686. The largest absolute Gasteiger partial charge is 0.397 e. The van der Waals surface area contributed by atoms with Crippen LogP contribution in [-0.2, 0) is 12.8 Å². The van der Waals surface area contributed by atoms with Crippen molar-refractivity contribution < 1.29 is 4.79 Å². The van der Waals surface area contributed by atoms with Gasteiger partial charge in [0, 0.05) is 21.7 Å². The first-order chi connectivity index (χ1) is 11.7. The Labute approximate surface area is 148 Å². The third-order valence-corrected chi connectivity index (χ3v) is 6.16. The van der Waals surface area contributed by atoms with Gasteiger partial charge in [0.25, 0.3) is 5.91 Å². The first kappa shape index (κ1) is 15.5. The minimum atomic E-state index is -0.174. The summed E-state index contributed by atoms with van der Waals surface area (Å²) in [5, 5.41) is 3.83. The van der Waals surface area contributed by atoms with E-state index in [0.717, 1.165) is 45.8 Å². The van der Waals surface area contributed by atoms with Gasteiger partial charge >= 0.3 is 0 Å². The molecule has 0 saturated heterocycles. The summed E-state index contributed by atoms with van der Waals surface area (Å²) in [6.07, 6.45) is 5.25. The van der Waals surface area contributed by atoms with Crippen molar-refractivity contribution in [2.75, 3.05) is 17.3 Å². The molecule has 4 rings (SSSR count). The van der Waals surface area contributed by atoms with E-state index in [-0.39, 0.29) is 5.91 Å². The Bertz CT molecular complexity index is 932. The zero-order valence-electron chi connectivity index (χ0n) is 13.3. The van der Waals surface area contributed by atoms with Gasteiger partial charge in [0.2, 0.25) is 0 Å². The van der Waals surface area contributed by atoms with Crippen molar-refractivity contribution in [2.24, 2.45) is 0 Å². The molecule has 2 heterocycles. The van der Waals surface area contributed by atoms with Gasteiger partial charge in [0.05, 0.1) is 5.69 Å². The van der Waals surface area contributed by atoms with Crippen molar-refractivity contribution in [3.8, 4) is 0 Å². The smallest absolute Gasteiger partial charge is 0.267 e. The van der Waals surface area contributed by atoms with E-state index in [1.807, 2.05) is 30.5 Å². The molecule has 0 unspecified atom stereocenters. The number of benzene rings is 1. The second kappa shape index (κ2) is 6.11. The molecule has 0 atom stereocenters. The number of carbonyl (C=O) groups excluding carboxylic acids is 1. The van der Waals surface area contributed by atoms with Crippen LogP contribution in [0.5, 0.6) is 0 Å². The maximum absolute atomic E-state index is 12.6. The third kappa shape index (κ3) is 2.65. The van der Waals surface area contributed by atoms with E-state index in [1.165, 1.54) is 16.9 Å². The molecule has 0 spiro atoms. The molecule has 0 saturated carbocycles. The summed E-state index contributed by atoms with van der Waals surface area (Å²) in [6, 6.07) is 9.89. The highest BCUT2D eigenvalue weighted by Crippen LogP contribution is 2.36. The number of nitrogens with one attached hydrogen (secondary N) is 1. The van der Waals surface area contributed by atoms with Gasteiger partial charge in [-0.1, -0.05) is 0 Å². The number of hydrogen-bond acceptors (Lipinski definition) is 5. The predicted molar refractivity (Wildman–Crippen MR) is 102 cm³/mol. The standard InChI is InChI=1S/C18H17N3OS2/c1-23-12-7-5-11(6-8-12)20-17(22)16-15(19)13-9-10-3-2-4-14(10)21-18(13)24-16/h5-9H,2-4,19H2,1H3,(H,20,22). The van der Waals surface area contributed by atoms with Crippen LogP contribution in [-0.4, -0.2) is 17.1 Å². The molecule has 6 heteroatoms. The van der Waals surface area contributed by atoms with Crippen molar-refractivity contribution in [3.63, 3.8) is 0 Å². The van der Waals surface area contributed by atoms with Crippen LogP contribution in [0.1, 0.15) is 27.3 Å². The monoisotopic (exact) mass is 355 g/mol. The van der Waals surface area contributed by atoms with Gasteiger partial charge < -0.3 is 11.1 Å². The molecule has 3 N–H and O–H groups in total. The van der Waals surface area contributed by atoms with Crippen molar-refractivity contribution in [1.82, 2.24) is 4.98 Å². The number of anilines is 2. The number of thioether (sulfide) groups is 1. The number of thiophene rings is 1. The van der Waals surface area contributed by atoms with E-state index in [0.29, 0.717) is 10.6 Å². The summed E-state index contributed by atoms with van der Waals surface area (Å²) >= 11 is 3.04. The highest BCUT2D eigenvalue weighted by molar-refractivity contribution is 7.98. The number of nitrogens with zero attached hydrogens (tertiary/aromatic N) is 1. The molecule has 0 bridgehead atoms. The van der Waals surface area contributed by atoms with Crippen LogP contribution >= 0.6 is 23.1 Å². The maximum atomic E-state index is 12.6. The molecule has 24 heavy (non-hydrogen) atoms. The topological polar surface area (TPSA) is 68.0 Å². The summed E-state index contributed by atoms with van der Waals surface area (Å²) in [6.45, 7) is 0. The van der Waals surface area contributed by atoms with Gasteiger partial charge in [-0.05, 0) is 61.4 Å². The Morgan fingerprint density at radius 1 is 1.29 bits per heavy atom. The van der Waals surface area contributed by atoms with E-state index < -0.39 is 0 Å². The summed E-state index contributed by atoms with van der Waals surface area (Å²) in [4.78, 5) is 19.9. The Morgan fingerprint density at radius 2 is 2.08 bits per heavy atom. The molecule has 0 radical (unpaired) electrons. The predicted octanol–water partition coefficient (Wildman–Crippen LogP) is 4.34. The third-order valence-electron chi connectivity index (χ3n) is 4.30. The van der Waals surface area contributed by atoms with E-state index in [1.54, 1.807) is 11.8 Å². The number of carbonyl (C=O) groups is 1. The lowest BCUT2D eigenvalue weighted by molar-refractivity contribution is 0.103. The summed E-state index contributed by atoms with van der Waals surface area (Å²) < 4.78 is 0. The Hall–Kier alpha value is -2.05. The molecule has 2 aromatic heterocycles. The van der Waals surface area contributed by atoms with Crippen molar-refractivity contribution >= 4 is 50.6 Å². The molecule has 0 aliphatic heterocycles. The summed E-state index contributed by atoms with van der Waals surface area (Å²) in [5.74, 6) is -0.174. The number of aryl methyl sites for hydroxylation is 2. The van der Waals surface area contributed by atoms with Crippen LogP contribution in [0, 0.1) is 0 Å². The van der Waals surface area contributed by atoms with E-state index in [9.17, 15) is 4.79 Å². The van der Waals surface area contributed by atoms with E-state index in [2.05, 4.69) is 11.4 Å². The molecular formula is C18H17N3OS2. The Kier molecular flexibility index (Phi) is 3.94. The van der Waals surface area contributed by atoms with Crippen molar-refractivity contribution in [2.45, 2.75) is 24.2 Å². The van der Waals surface area contributed by atoms with Gasteiger partial charge in [0.15, 0.2) is 0 Å². The lowest BCUT2D eigenvalue weighted by Crippen LogP contribution is -2.11. The fraction of sp³-hybridized carbons (Fsp3) is 0.222. The maximum Gasteiger partial charge on any atom is 0.267 e. The van der Waals surface area contributed by atoms with E-state index in [4.69, 9.17) is 10.7 Å². The number of amides is 1. The van der Waals surface area contributed by atoms with E-state index >= 15 is 0 Å². The molecule has 0 fully saturated rings. The van der Waals surface area contributed by atoms with Gasteiger partial charge in [-0.2, -0.15) is 0 Å². The lowest BCUT2D eigenvalue weighted by atomic mass is 10.1. The lowest BCUT2D eigenvalue weighted by Gasteiger charge is -2.05. The van der Waals surface area contributed by atoms with Gasteiger partial charge in [0.1, 0.15) is 9.71 Å². The van der Waals surface area contributed by atoms with Gasteiger partial charge in [-0.25, -0.2) is 4.98 Å². The Morgan fingerprint density at radius 3 is 2.83 bits per heavy atom. The zero-order valence-corrected chi connectivity index (χ0v) is 14.9. The average Bonchev–Trinajstić information content (AvgIpc) is 3.18. The molecule has 1 aliphatic rings. The number of nitrogens with two attached hydrogens (primary N) is 1. The number of fused-ring (bicyclic) bond motifs is 2. The molecule has 4 nitrogen and oxygen atoms in total. The fourth-order valence-electron chi connectivity index (χ4n) is 3.03. The number of hydrogen-bond donors (Lipinski definition) is 2. The molecule has 1 amide bonds. The van der Waals surface area contributed by atoms with Crippen LogP contribution in [0.25, 0.3) is 10.2 Å². The van der Waals surface area contributed by atoms with Crippen LogP contribution in [0.3, 0.4) is 0 Å². The SMILES string of the molecule is CSc1ccc(NC(=O)c2sc3nc4c(cc3c2N)CCC4)cc1. The molecule has 122 valence electrons. The first-order valence-corrected chi connectivity index (χ1v) is 9.86. The van der Waals surface area contributed by atoms with Crippen LogP contribution < -0.4 is 11.1 Å². The fourth-order valence-corrected chi connectivity index (χ4v) is 4.43. The zero-order chi connectivity index (χ0) is 16.7. The van der Waals surface area contributed by atoms with Crippen LogP contribution in [0.4, 0.5) is 11.4 Å². The normalized spacial score (nSPS) is 13.2. The Balaban J connectivity index is 1.65. The van der Waals surface area contributed by atoms with Gasteiger partial charge in [-0.15, -0.1) is 23.1 Å². The summed E-state index contributed by atoms with van der Waals surface area (Å²) in [5.41, 5.74) is 9.97.